The van der Waals surface area contributed by atoms with E-state index in [9.17, 15) is 13.2 Å². The van der Waals surface area contributed by atoms with Crippen molar-refractivity contribution in [2.75, 3.05) is 12.8 Å². The lowest BCUT2D eigenvalue weighted by atomic mass is 10.1. The Balaban J connectivity index is 2.16. The second-order valence-electron chi connectivity index (χ2n) is 4.72. The highest BCUT2D eigenvalue weighted by molar-refractivity contribution is 5.46. The van der Waals surface area contributed by atoms with Gasteiger partial charge in [-0.15, -0.1) is 0 Å². The molecule has 0 spiro atoms. The molecule has 0 saturated heterocycles. The van der Waals surface area contributed by atoms with Gasteiger partial charge < -0.3 is 10.2 Å². The Morgan fingerprint density at radius 2 is 1.95 bits per heavy atom. The summed E-state index contributed by atoms with van der Waals surface area (Å²) in [6.45, 7) is 0.693. The highest BCUT2D eigenvalue weighted by Crippen LogP contribution is 2.33. The van der Waals surface area contributed by atoms with Gasteiger partial charge in [-0.25, -0.2) is 0 Å². The van der Waals surface area contributed by atoms with Crippen molar-refractivity contribution in [1.82, 2.24) is 4.90 Å². The van der Waals surface area contributed by atoms with Crippen LogP contribution in [0.25, 0.3) is 0 Å². The SMILES string of the molecule is CN(Cc1ccoc1)Cc1ccc(N)cc1C(F)(F)F. The summed E-state index contributed by atoms with van der Waals surface area (Å²) < 4.78 is 43.8. The van der Waals surface area contributed by atoms with Crippen LogP contribution in [0.3, 0.4) is 0 Å². The van der Waals surface area contributed by atoms with Crippen LogP contribution in [0.15, 0.2) is 41.2 Å². The Hall–Kier alpha value is -1.95. The maximum absolute atomic E-state index is 13.0. The molecule has 0 fully saturated rings. The maximum Gasteiger partial charge on any atom is 0.416 e. The molecule has 0 saturated carbocycles. The first-order valence-corrected chi connectivity index (χ1v) is 6.01. The van der Waals surface area contributed by atoms with Crippen molar-refractivity contribution in [3.8, 4) is 0 Å². The predicted octanol–water partition coefficient (Wildman–Crippen LogP) is 3.51. The molecule has 2 N–H and O–H groups in total. The average Bonchev–Trinajstić information content (AvgIpc) is 2.82. The number of nitrogen functional groups attached to an aromatic ring is 1. The highest BCUT2D eigenvalue weighted by atomic mass is 19.4. The Labute approximate surface area is 114 Å². The van der Waals surface area contributed by atoms with Gasteiger partial charge in [-0.2, -0.15) is 13.2 Å². The van der Waals surface area contributed by atoms with Crippen LogP contribution in [0, 0.1) is 0 Å². The van der Waals surface area contributed by atoms with E-state index in [0.29, 0.717) is 6.54 Å². The number of furan rings is 1. The molecule has 0 radical (unpaired) electrons. The number of anilines is 1. The minimum Gasteiger partial charge on any atom is -0.472 e. The maximum atomic E-state index is 13.0. The largest absolute Gasteiger partial charge is 0.472 e. The molecule has 0 atom stereocenters. The van der Waals surface area contributed by atoms with Crippen LogP contribution in [0.2, 0.25) is 0 Å². The van der Waals surface area contributed by atoms with Crippen LogP contribution in [0.5, 0.6) is 0 Å². The Bertz CT molecular complexity index is 564. The molecule has 108 valence electrons. The third-order valence-electron chi connectivity index (χ3n) is 2.91. The van der Waals surface area contributed by atoms with Crippen molar-refractivity contribution in [2.24, 2.45) is 0 Å². The van der Waals surface area contributed by atoms with Crippen molar-refractivity contribution < 1.29 is 17.6 Å². The number of alkyl halides is 3. The fourth-order valence-electron chi connectivity index (χ4n) is 2.04. The minimum atomic E-state index is -4.40. The molecule has 1 aromatic heterocycles. The van der Waals surface area contributed by atoms with E-state index in [0.717, 1.165) is 11.6 Å². The molecule has 1 aromatic carbocycles. The van der Waals surface area contributed by atoms with Crippen molar-refractivity contribution in [3.63, 3.8) is 0 Å². The van der Waals surface area contributed by atoms with Crippen molar-refractivity contribution in [3.05, 3.63) is 53.5 Å². The summed E-state index contributed by atoms with van der Waals surface area (Å²) in [5.74, 6) is 0. The van der Waals surface area contributed by atoms with Crippen LogP contribution in [-0.4, -0.2) is 11.9 Å². The summed E-state index contributed by atoms with van der Waals surface area (Å²) >= 11 is 0. The van der Waals surface area contributed by atoms with Gasteiger partial charge in [0.05, 0.1) is 18.1 Å². The van der Waals surface area contributed by atoms with Gasteiger partial charge in [-0.05, 0) is 30.8 Å². The number of rotatable bonds is 4. The van der Waals surface area contributed by atoms with Gasteiger partial charge in [0.15, 0.2) is 0 Å². The van der Waals surface area contributed by atoms with Gasteiger partial charge in [-0.1, -0.05) is 6.07 Å². The summed E-state index contributed by atoms with van der Waals surface area (Å²) in [5.41, 5.74) is 5.98. The monoisotopic (exact) mass is 284 g/mol. The first-order valence-electron chi connectivity index (χ1n) is 6.01. The lowest BCUT2D eigenvalue weighted by molar-refractivity contribution is -0.138. The summed E-state index contributed by atoms with van der Waals surface area (Å²) in [6, 6.07) is 5.66. The van der Waals surface area contributed by atoms with E-state index in [1.54, 1.807) is 24.3 Å². The lowest BCUT2D eigenvalue weighted by Crippen LogP contribution is -2.20. The molecule has 1 heterocycles. The summed E-state index contributed by atoms with van der Waals surface area (Å²) in [4.78, 5) is 1.78. The van der Waals surface area contributed by atoms with E-state index >= 15 is 0 Å². The normalized spacial score (nSPS) is 12.1. The smallest absolute Gasteiger partial charge is 0.416 e. The molecule has 2 aromatic rings. The zero-order chi connectivity index (χ0) is 14.8. The van der Waals surface area contributed by atoms with Crippen LogP contribution < -0.4 is 5.73 Å². The predicted molar refractivity (Wildman–Crippen MR) is 69.7 cm³/mol. The Morgan fingerprint density at radius 3 is 2.55 bits per heavy atom. The molecule has 0 aliphatic heterocycles. The highest BCUT2D eigenvalue weighted by Gasteiger charge is 2.33. The van der Waals surface area contributed by atoms with Gasteiger partial charge in [0.2, 0.25) is 0 Å². The summed E-state index contributed by atoms with van der Waals surface area (Å²) in [6.07, 6.45) is -1.29. The molecule has 0 unspecified atom stereocenters. The van der Waals surface area contributed by atoms with Gasteiger partial charge in [0.25, 0.3) is 0 Å². The fourth-order valence-corrected chi connectivity index (χ4v) is 2.04. The molecule has 0 aliphatic carbocycles. The van der Waals surface area contributed by atoms with Crippen molar-refractivity contribution in [2.45, 2.75) is 19.3 Å². The molecule has 0 amide bonds. The number of hydrogen-bond donors (Lipinski definition) is 1. The molecule has 6 heteroatoms. The van der Waals surface area contributed by atoms with E-state index in [4.69, 9.17) is 10.2 Å². The van der Waals surface area contributed by atoms with Gasteiger partial charge in [0.1, 0.15) is 0 Å². The van der Waals surface area contributed by atoms with Gasteiger partial charge in [-0.3, -0.25) is 4.90 Å². The van der Waals surface area contributed by atoms with Gasteiger partial charge >= 0.3 is 6.18 Å². The quantitative estimate of drug-likeness (QED) is 0.874. The average molecular weight is 284 g/mol. The third kappa shape index (κ3) is 3.54. The number of hydrogen-bond acceptors (Lipinski definition) is 3. The fraction of sp³-hybridized carbons (Fsp3) is 0.286. The Morgan fingerprint density at radius 1 is 1.20 bits per heavy atom. The minimum absolute atomic E-state index is 0.110. The van der Waals surface area contributed by atoms with Crippen molar-refractivity contribution >= 4 is 5.69 Å². The first kappa shape index (κ1) is 14.5. The van der Waals surface area contributed by atoms with Crippen molar-refractivity contribution in [1.29, 1.82) is 0 Å². The second kappa shape index (κ2) is 5.58. The summed E-state index contributed by atoms with van der Waals surface area (Å²) in [7, 11) is 1.75. The topological polar surface area (TPSA) is 42.4 Å². The van der Waals surface area contributed by atoms with Gasteiger partial charge in [0, 0.05) is 24.3 Å². The molecule has 2 rings (SSSR count). The molecule has 20 heavy (non-hydrogen) atoms. The molecular weight excluding hydrogens is 269 g/mol. The number of nitrogens with zero attached hydrogens (tertiary/aromatic N) is 1. The molecular formula is C14H15F3N2O. The third-order valence-corrected chi connectivity index (χ3v) is 2.91. The zero-order valence-electron chi connectivity index (χ0n) is 10.9. The first-order chi connectivity index (χ1) is 9.36. The van der Waals surface area contributed by atoms with Crippen LogP contribution in [0.1, 0.15) is 16.7 Å². The standard InChI is InChI=1S/C14H15F3N2O/c1-19(7-10-4-5-20-9-10)8-11-2-3-12(18)6-13(11)14(15,16)17/h2-6,9H,7-8,18H2,1H3. The molecule has 0 bridgehead atoms. The van der Waals surface area contributed by atoms with Crippen LogP contribution in [0.4, 0.5) is 18.9 Å². The van der Waals surface area contributed by atoms with E-state index in [2.05, 4.69) is 0 Å². The van der Waals surface area contributed by atoms with Crippen LogP contribution in [-0.2, 0) is 19.3 Å². The number of benzene rings is 1. The summed E-state index contributed by atoms with van der Waals surface area (Å²) in [5, 5.41) is 0. The van der Waals surface area contributed by atoms with E-state index in [1.807, 2.05) is 0 Å². The van der Waals surface area contributed by atoms with Crippen LogP contribution >= 0.6 is 0 Å². The number of nitrogens with two attached hydrogens (primary N) is 1. The van der Waals surface area contributed by atoms with E-state index in [1.165, 1.54) is 18.4 Å². The Kier molecular flexibility index (Phi) is 4.04. The second-order valence-corrected chi connectivity index (χ2v) is 4.72. The lowest BCUT2D eigenvalue weighted by Gasteiger charge is -2.19. The zero-order valence-corrected chi connectivity index (χ0v) is 10.9. The van der Waals surface area contributed by atoms with E-state index < -0.39 is 11.7 Å². The molecule has 0 aliphatic rings. The van der Waals surface area contributed by atoms with E-state index in [-0.39, 0.29) is 17.8 Å². The molecule has 3 nitrogen and oxygen atoms in total. The number of halogens is 3.